The quantitative estimate of drug-likeness (QED) is 0.369. The van der Waals surface area contributed by atoms with E-state index in [1.165, 1.54) is 30.2 Å². The van der Waals surface area contributed by atoms with Crippen molar-refractivity contribution in [1.29, 1.82) is 10.5 Å². The van der Waals surface area contributed by atoms with Gasteiger partial charge in [-0.05, 0) is 71.6 Å². The zero-order chi connectivity index (χ0) is 23.7. The lowest BCUT2D eigenvalue weighted by molar-refractivity contribution is 0.689. The van der Waals surface area contributed by atoms with Crippen LogP contribution in [-0.2, 0) is 0 Å². The molecule has 1 saturated carbocycles. The maximum Gasteiger partial charge on any atom is 0.160 e. The predicted molar refractivity (Wildman–Crippen MR) is 136 cm³/mol. The molecule has 2 aliphatic rings. The summed E-state index contributed by atoms with van der Waals surface area (Å²) in [6.07, 6.45) is 3.55. The van der Waals surface area contributed by atoms with Gasteiger partial charge in [0.15, 0.2) is 11.4 Å². The van der Waals surface area contributed by atoms with Crippen molar-refractivity contribution in [1.82, 2.24) is 9.97 Å². The molecule has 1 aliphatic carbocycles. The Bertz CT molecular complexity index is 1170. The van der Waals surface area contributed by atoms with Gasteiger partial charge in [0, 0.05) is 17.6 Å². The molecule has 0 amide bonds. The van der Waals surface area contributed by atoms with Gasteiger partial charge in [-0.2, -0.15) is 10.5 Å². The number of benzene rings is 1. The molecule has 0 N–H and O–H groups in total. The maximum atomic E-state index is 9.73. The van der Waals surface area contributed by atoms with Crippen molar-refractivity contribution in [3.8, 4) is 12.1 Å². The van der Waals surface area contributed by atoms with Crippen molar-refractivity contribution < 1.29 is 0 Å². The molecule has 0 spiro atoms. The van der Waals surface area contributed by atoms with Gasteiger partial charge in [0.25, 0.3) is 0 Å². The lowest BCUT2D eigenvalue weighted by Gasteiger charge is -2.26. The first kappa shape index (κ1) is 23.6. The number of aromatic nitrogens is 2. The molecule has 4 rings (SSSR count). The van der Waals surface area contributed by atoms with E-state index >= 15 is 0 Å². The molecule has 0 unspecified atom stereocenters. The van der Waals surface area contributed by atoms with Crippen molar-refractivity contribution in [2.45, 2.75) is 57.8 Å². The first-order valence-corrected chi connectivity index (χ1v) is 12.9. The van der Waals surface area contributed by atoms with Crippen molar-refractivity contribution in [3.05, 3.63) is 44.7 Å². The molecule has 1 fully saturated rings. The van der Waals surface area contributed by atoms with E-state index in [0.717, 1.165) is 46.2 Å². The van der Waals surface area contributed by atoms with Crippen LogP contribution in [0.1, 0.15) is 57.3 Å². The highest BCUT2D eigenvalue weighted by Gasteiger charge is 2.37. The van der Waals surface area contributed by atoms with Crippen LogP contribution >= 0.6 is 27.7 Å². The second-order valence-electron chi connectivity index (χ2n) is 8.84. The fourth-order valence-electron chi connectivity index (χ4n) is 3.96. The minimum Gasteiger partial charge on any atom is -0.355 e. The summed E-state index contributed by atoms with van der Waals surface area (Å²) >= 11 is 5.16. The molecule has 0 bridgehead atoms. The summed E-state index contributed by atoms with van der Waals surface area (Å²) in [5.41, 5.74) is 2.14. The van der Waals surface area contributed by atoms with Crippen LogP contribution in [0.4, 0.5) is 17.3 Å². The lowest BCUT2D eigenvalue weighted by Crippen LogP contribution is -2.28. The number of halogens is 1. The van der Waals surface area contributed by atoms with E-state index in [9.17, 15) is 10.5 Å². The van der Waals surface area contributed by atoms with Gasteiger partial charge in [-0.3, -0.25) is 4.90 Å². The lowest BCUT2D eigenvalue weighted by atomic mass is 10.0. The maximum absolute atomic E-state index is 9.73. The number of allylic oxidation sites excluding steroid dienone is 1. The topological polar surface area (TPSA) is 79.8 Å². The Morgan fingerprint density at radius 1 is 1.27 bits per heavy atom. The van der Waals surface area contributed by atoms with Crippen LogP contribution in [-0.4, -0.2) is 23.1 Å². The Kier molecular flexibility index (Phi) is 6.97. The summed E-state index contributed by atoms with van der Waals surface area (Å²) in [6.45, 7) is 10.3. The number of aryl methyl sites for hydroxylation is 1. The average molecular weight is 524 g/mol. The largest absolute Gasteiger partial charge is 0.355 e. The third-order valence-electron chi connectivity index (χ3n) is 5.84. The Morgan fingerprint density at radius 3 is 2.58 bits per heavy atom. The zero-order valence-corrected chi connectivity index (χ0v) is 21.8. The molecule has 170 valence electrons. The summed E-state index contributed by atoms with van der Waals surface area (Å²) in [5.74, 6) is 3.42. The van der Waals surface area contributed by atoms with Gasteiger partial charge in [-0.1, -0.05) is 38.6 Å². The number of hydrogen-bond donors (Lipinski definition) is 0. The minimum absolute atomic E-state index is 0.0747. The molecule has 0 saturated heterocycles. The van der Waals surface area contributed by atoms with Crippen molar-refractivity contribution >= 4 is 45.0 Å². The van der Waals surface area contributed by atoms with Crippen LogP contribution in [0.3, 0.4) is 0 Å². The number of anilines is 3. The van der Waals surface area contributed by atoms with Crippen LogP contribution in [0.25, 0.3) is 0 Å². The fourth-order valence-corrected chi connectivity index (χ4v) is 5.70. The first-order chi connectivity index (χ1) is 15.9. The van der Waals surface area contributed by atoms with Crippen LogP contribution in [0.2, 0.25) is 0 Å². The van der Waals surface area contributed by atoms with E-state index in [2.05, 4.69) is 65.9 Å². The molecule has 0 radical (unpaired) electrons. The van der Waals surface area contributed by atoms with Gasteiger partial charge < -0.3 is 4.90 Å². The Balaban J connectivity index is 1.91. The SMILES string of the molecule is CCCN(CC1CC1)c1nc(C)nc2c1SC(=C(C#N)C#N)N2c1ccc(C(C)C)cc1Br. The highest BCUT2D eigenvalue weighted by Crippen LogP contribution is 2.54. The molecule has 6 nitrogen and oxygen atoms in total. The number of hydrogen-bond acceptors (Lipinski definition) is 7. The second-order valence-corrected chi connectivity index (χ2v) is 10.7. The normalized spacial score (nSPS) is 14.8. The zero-order valence-electron chi connectivity index (χ0n) is 19.4. The molecule has 2 heterocycles. The molecule has 2 aromatic rings. The van der Waals surface area contributed by atoms with Gasteiger partial charge >= 0.3 is 0 Å². The molecule has 8 heteroatoms. The molecule has 0 atom stereocenters. The van der Waals surface area contributed by atoms with Gasteiger partial charge in [0.05, 0.1) is 10.6 Å². The van der Waals surface area contributed by atoms with Gasteiger partial charge in [0.2, 0.25) is 0 Å². The summed E-state index contributed by atoms with van der Waals surface area (Å²) in [6, 6.07) is 10.4. The molecular weight excluding hydrogens is 496 g/mol. The van der Waals surface area contributed by atoms with Crippen LogP contribution < -0.4 is 9.80 Å². The molecule has 1 aliphatic heterocycles. The average Bonchev–Trinajstić information content (AvgIpc) is 3.53. The summed E-state index contributed by atoms with van der Waals surface area (Å²) in [4.78, 5) is 14.9. The second kappa shape index (κ2) is 9.75. The van der Waals surface area contributed by atoms with E-state index in [1.54, 1.807) is 0 Å². The van der Waals surface area contributed by atoms with E-state index in [1.807, 2.05) is 17.9 Å². The van der Waals surface area contributed by atoms with Crippen LogP contribution in [0.15, 0.2) is 38.2 Å². The van der Waals surface area contributed by atoms with Crippen molar-refractivity contribution in [3.63, 3.8) is 0 Å². The molecular formula is C25H27BrN6S. The minimum atomic E-state index is 0.0747. The number of nitriles is 2. The highest BCUT2D eigenvalue weighted by atomic mass is 79.9. The smallest absolute Gasteiger partial charge is 0.160 e. The summed E-state index contributed by atoms with van der Waals surface area (Å²) < 4.78 is 0.899. The number of rotatable bonds is 7. The molecule has 1 aromatic heterocycles. The summed E-state index contributed by atoms with van der Waals surface area (Å²) in [5, 5.41) is 20.0. The Morgan fingerprint density at radius 2 is 2.00 bits per heavy atom. The Labute approximate surface area is 208 Å². The molecule has 33 heavy (non-hydrogen) atoms. The van der Waals surface area contributed by atoms with Gasteiger partial charge in [0.1, 0.15) is 28.8 Å². The van der Waals surface area contributed by atoms with Crippen molar-refractivity contribution in [2.24, 2.45) is 5.92 Å². The van der Waals surface area contributed by atoms with E-state index in [-0.39, 0.29) is 5.57 Å². The van der Waals surface area contributed by atoms with Crippen LogP contribution in [0.5, 0.6) is 0 Å². The monoisotopic (exact) mass is 522 g/mol. The summed E-state index contributed by atoms with van der Waals surface area (Å²) in [7, 11) is 0. The van der Waals surface area contributed by atoms with E-state index in [4.69, 9.17) is 9.97 Å². The Hall–Kier alpha value is -2.55. The number of nitrogens with zero attached hydrogens (tertiary/aromatic N) is 6. The predicted octanol–water partition coefficient (Wildman–Crippen LogP) is 6.80. The van der Waals surface area contributed by atoms with E-state index in [0.29, 0.717) is 22.7 Å². The number of fused-ring (bicyclic) bond motifs is 1. The molecule has 1 aromatic carbocycles. The van der Waals surface area contributed by atoms with E-state index < -0.39 is 0 Å². The van der Waals surface area contributed by atoms with Gasteiger partial charge in [-0.25, -0.2) is 9.97 Å². The fraction of sp³-hybridized carbons (Fsp3) is 0.440. The third-order valence-corrected chi connectivity index (χ3v) is 7.63. The van der Waals surface area contributed by atoms with Gasteiger partial charge in [-0.15, -0.1) is 0 Å². The first-order valence-electron chi connectivity index (χ1n) is 11.3. The number of thioether (sulfide) groups is 1. The standard InChI is InChI=1S/C25H27BrN6S/c1-5-10-31(14-17-6-7-17)23-22-24(30-16(4)29-23)32(25(33-22)19(12-27)13-28)21-9-8-18(15(2)3)11-20(21)26/h8-9,11,15,17H,5-7,10,14H2,1-4H3. The van der Waals surface area contributed by atoms with Crippen LogP contribution in [0, 0.1) is 35.5 Å². The third kappa shape index (κ3) is 4.74. The van der Waals surface area contributed by atoms with Crippen molar-refractivity contribution in [2.75, 3.05) is 22.9 Å². The highest BCUT2D eigenvalue weighted by molar-refractivity contribution is 9.10.